The molecular formula is C8H11FN2O2. The Morgan fingerprint density at radius 1 is 1.54 bits per heavy atom. The molecule has 0 aliphatic rings. The number of nitrogens with one attached hydrogen (secondary N) is 1. The Morgan fingerprint density at radius 2 is 2.23 bits per heavy atom. The summed E-state index contributed by atoms with van der Waals surface area (Å²) in [6.07, 6.45) is -0.817. The summed E-state index contributed by atoms with van der Waals surface area (Å²) in [5.41, 5.74) is 7.78. The van der Waals surface area contributed by atoms with Gasteiger partial charge in [-0.15, -0.1) is 0 Å². The van der Waals surface area contributed by atoms with Crippen molar-refractivity contribution in [3.63, 3.8) is 0 Å². The van der Waals surface area contributed by atoms with Crippen molar-refractivity contribution in [2.24, 2.45) is 5.73 Å². The molecule has 1 rings (SSSR count). The van der Waals surface area contributed by atoms with E-state index in [1.165, 1.54) is 18.2 Å². The molecule has 0 heterocycles. The van der Waals surface area contributed by atoms with Crippen molar-refractivity contribution in [2.45, 2.75) is 12.8 Å². The Bertz CT molecular complexity index is 293. The van der Waals surface area contributed by atoms with E-state index in [1.807, 2.05) is 0 Å². The topological polar surface area (TPSA) is 78.5 Å². The summed E-state index contributed by atoms with van der Waals surface area (Å²) in [4.78, 5) is 0. The van der Waals surface area contributed by atoms with E-state index in [0.717, 1.165) is 0 Å². The minimum Gasteiger partial charge on any atom is -0.392 e. The quantitative estimate of drug-likeness (QED) is 0.403. The van der Waals surface area contributed by atoms with E-state index in [1.54, 1.807) is 5.48 Å². The zero-order chi connectivity index (χ0) is 9.84. The van der Waals surface area contributed by atoms with Gasteiger partial charge in [-0.05, 0) is 11.6 Å². The molecule has 5 N–H and O–H groups in total. The van der Waals surface area contributed by atoms with Gasteiger partial charge in [0.15, 0.2) is 0 Å². The van der Waals surface area contributed by atoms with Crippen LogP contribution in [-0.2, 0) is 6.61 Å². The highest BCUT2D eigenvalue weighted by atomic mass is 19.1. The van der Waals surface area contributed by atoms with Gasteiger partial charge in [-0.25, -0.2) is 4.39 Å². The maximum absolute atomic E-state index is 13.0. The summed E-state index contributed by atoms with van der Waals surface area (Å²) in [5, 5.41) is 17.1. The Kier molecular flexibility index (Phi) is 3.32. The van der Waals surface area contributed by atoms with Crippen molar-refractivity contribution in [1.29, 1.82) is 0 Å². The second kappa shape index (κ2) is 4.29. The van der Waals surface area contributed by atoms with Gasteiger partial charge in [-0.2, -0.15) is 5.48 Å². The molecule has 0 saturated carbocycles. The molecule has 1 atom stereocenters. The summed E-state index contributed by atoms with van der Waals surface area (Å²) in [6.45, 7) is -0.353. The summed E-state index contributed by atoms with van der Waals surface area (Å²) in [6, 6.07) is 4.11. The number of hydrogen-bond donors (Lipinski definition) is 4. The van der Waals surface area contributed by atoms with Crippen LogP contribution < -0.4 is 11.2 Å². The fraction of sp³-hybridized carbons (Fsp3) is 0.250. The molecule has 0 fully saturated rings. The van der Waals surface area contributed by atoms with Crippen LogP contribution in [0.4, 0.5) is 4.39 Å². The first kappa shape index (κ1) is 10.1. The van der Waals surface area contributed by atoms with E-state index in [0.29, 0.717) is 5.56 Å². The van der Waals surface area contributed by atoms with Crippen molar-refractivity contribution in [1.82, 2.24) is 5.48 Å². The zero-order valence-corrected chi connectivity index (χ0v) is 6.87. The van der Waals surface area contributed by atoms with Crippen LogP contribution in [0.1, 0.15) is 17.3 Å². The molecule has 0 spiro atoms. The van der Waals surface area contributed by atoms with Gasteiger partial charge in [0.1, 0.15) is 12.0 Å². The number of rotatable bonds is 3. The highest BCUT2D eigenvalue weighted by Crippen LogP contribution is 2.13. The monoisotopic (exact) mass is 186 g/mol. The number of aliphatic hydroxyl groups excluding tert-OH is 1. The molecule has 0 radical (unpaired) electrons. The van der Waals surface area contributed by atoms with Gasteiger partial charge in [-0.3, -0.25) is 0 Å². The molecule has 1 aromatic rings. The average Bonchev–Trinajstić information content (AvgIpc) is 2.16. The number of nitrogens with two attached hydrogens (primary N) is 1. The van der Waals surface area contributed by atoms with Crippen molar-refractivity contribution in [2.75, 3.05) is 0 Å². The third kappa shape index (κ3) is 2.22. The van der Waals surface area contributed by atoms with E-state index in [2.05, 4.69) is 0 Å². The zero-order valence-electron chi connectivity index (χ0n) is 6.87. The molecule has 0 saturated heterocycles. The third-order valence-corrected chi connectivity index (χ3v) is 1.75. The SMILES string of the molecule is NC(NO)c1ccc(CO)c(F)c1. The molecule has 0 amide bonds. The van der Waals surface area contributed by atoms with Crippen molar-refractivity contribution in [3.05, 3.63) is 35.1 Å². The molecule has 1 unspecified atom stereocenters. The maximum Gasteiger partial charge on any atom is 0.129 e. The van der Waals surface area contributed by atoms with Crippen LogP contribution in [0, 0.1) is 5.82 Å². The standard InChI is InChI=1S/C8H11FN2O2/c9-7-3-5(8(10)11-13)1-2-6(7)4-12/h1-3,8,11-13H,4,10H2. The average molecular weight is 186 g/mol. The van der Waals surface area contributed by atoms with Crippen LogP contribution in [0.15, 0.2) is 18.2 Å². The predicted octanol–water partition coefficient (Wildman–Crippen LogP) is 0.254. The fourth-order valence-corrected chi connectivity index (χ4v) is 0.960. The largest absolute Gasteiger partial charge is 0.392 e. The van der Waals surface area contributed by atoms with Crippen molar-refractivity contribution < 1.29 is 14.7 Å². The van der Waals surface area contributed by atoms with Crippen LogP contribution in [0.2, 0.25) is 0 Å². The minimum absolute atomic E-state index is 0.203. The molecular weight excluding hydrogens is 175 g/mol. The summed E-state index contributed by atoms with van der Waals surface area (Å²) in [7, 11) is 0. The van der Waals surface area contributed by atoms with Crippen molar-refractivity contribution in [3.8, 4) is 0 Å². The summed E-state index contributed by atoms with van der Waals surface area (Å²) in [5.74, 6) is -0.536. The van der Waals surface area contributed by atoms with Gasteiger partial charge in [0.25, 0.3) is 0 Å². The third-order valence-electron chi connectivity index (χ3n) is 1.75. The van der Waals surface area contributed by atoms with Crippen LogP contribution in [0.25, 0.3) is 0 Å². The van der Waals surface area contributed by atoms with Gasteiger partial charge in [0, 0.05) is 5.56 Å². The Labute approximate surface area is 74.8 Å². The van der Waals surface area contributed by atoms with Gasteiger partial charge in [0.05, 0.1) is 6.61 Å². The highest BCUT2D eigenvalue weighted by molar-refractivity contribution is 5.25. The van der Waals surface area contributed by atoms with E-state index < -0.39 is 12.0 Å². The molecule has 72 valence electrons. The number of hydrogen-bond acceptors (Lipinski definition) is 4. The molecule has 5 heteroatoms. The highest BCUT2D eigenvalue weighted by Gasteiger charge is 2.07. The van der Waals surface area contributed by atoms with Crippen LogP contribution in [0.5, 0.6) is 0 Å². The first-order valence-electron chi connectivity index (χ1n) is 3.73. The molecule has 13 heavy (non-hydrogen) atoms. The Morgan fingerprint density at radius 3 is 2.69 bits per heavy atom. The molecule has 4 nitrogen and oxygen atoms in total. The first-order chi connectivity index (χ1) is 6.19. The number of halogens is 1. The number of hydroxylamine groups is 1. The molecule has 0 aliphatic heterocycles. The van der Waals surface area contributed by atoms with Gasteiger partial charge >= 0.3 is 0 Å². The van der Waals surface area contributed by atoms with Crippen LogP contribution >= 0.6 is 0 Å². The van der Waals surface area contributed by atoms with Gasteiger partial charge in [-0.1, -0.05) is 12.1 Å². The lowest BCUT2D eigenvalue weighted by molar-refractivity contribution is 0.128. The maximum atomic E-state index is 13.0. The molecule has 0 bridgehead atoms. The molecule has 1 aromatic carbocycles. The lowest BCUT2D eigenvalue weighted by Gasteiger charge is -2.10. The molecule has 0 aromatic heterocycles. The lowest BCUT2D eigenvalue weighted by atomic mass is 10.1. The first-order valence-corrected chi connectivity index (χ1v) is 3.73. The van der Waals surface area contributed by atoms with E-state index >= 15 is 0 Å². The fourth-order valence-electron chi connectivity index (χ4n) is 0.960. The minimum atomic E-state index is -0.817. The van der Waals surface area contributed by atoms with Crippen LogP contribution in [0.3, 0.4) is 0 Å². The van der Waals surface area contributed by atoms with Crippen LogP contribution in [-0.4, -0.2) is 10.3 Å². The molecule has 0 aliphatic carbocycles. The van der Waals surface area contributed by atoms with E-state index in [9.17, 15) is 4.39 Å². The number of aliphatic hydroxyl groups is 1. The summed E-state index contributed by atoms with van der Waals surface area (Å²) < 4.78 is 13.0. The Hall–Kier alpha value is -1.01. The smallest absolute Gasteiger partial charge is 0.129 e. The number of benzene rings is 1. The normalized spacial score (nSPS) is 12.9. The summed E-state index contributed by atoms with van der Waals surface area (Å²) >= 11 is 0. The predicted molar refractivity (Wildman–Crippen MR) is 44.2 cm³/mol. The second-order valence-electron chi connectivity index (χ2n) is 2.62. The Balaban J connectivity index is 2.95. The van der Waals surface area contributed by atoms with E-state index in [4.69, 9.17) is 16.0 Å². The van der Waals surface area contributed by atoms with E-state index in [-0.39, 0.29) is 12.2 Å². The van der Waals surface area contributed by atoms with Gasteiger partial charge < -0.3 is 16.0 Å². The van der Waals surface area contributed by atoms with Gasteiger partial charge in [0.2, 0.25) is 0 Å². The van der Waals surface area contributed by atoms with Crippen molar-refractivity contribution >= 4 is 0 Å². The lowest BCUT2D eigenvalue weighted by Crippen LogP contribution is -2.25. The second-order valence-corrected chi connectivity index (χ2v) is 2.62.